The largest absolute Gasteiger partial charge is 0.341 e. The highest BCUT2D eigenvalue weighted by molar-refractivity contribution is 7.14. The van der Waals surface area contributed by atoms with Crippen molar-refractivity contribution in [3.05, 3.63) is 40.9 Å². The molecular weight excluding hydrogens is 364 g/mol. The van der Waals surface area contributed by atoms with Gasteiger partial charge >= 0.3 is 0 Å². The molecule has 2 N–H and O–H groups in total. The molecule has 0 bridgehead atoms. The van der Waals surface area contributed by atoms with E-state index < -0.39 is 0 Å². The maximum atomic E-state index is 12.4. The molecule has 1 aromatic carbocycles. The number of carbonyl (C=O) groups excluding carboxylic acids is 3. The van der Waals surface area contributed by atoms with E-state index in [2.05, 4.69) is 21.5 Å². The smallest absolute Gasteiger partial charge is 0.254 e. The van der Waals surface area contributed by atoms with E-state index in [-0.39, 0.29) is 30.7 Å². The molecule has 1 aliphatic rings. The maximum Gasteiger partial charge on any atom is 0.254 e. The molecule has 3 amide bonds. The number of terminal acetylenes is 1. The van der Waals surface area contributed by atoms with Crippen LogP contribution in [0.4, 0.5) is 10.8 Å². The van der Waals surface area contributed by atoms with Crippen molar-refractivity contribution < 1.29 is 14.4 Å². The summed E-state index contributed by atoms with van der Waals surface area (Å²) in [5.74, 6) is 1.75. The SMILES string of the molecule is C#CCNC(=O)c1ccccc1NC(=O)Cc1csc(N2CCCC2=O)n1. The lowest BCUT2D eigenvalue weighted by Crippen LogP contribution is -2.26. The van der Waals surface area contributed by atoms with Gasteiger partial charge in [-0.3, -0.25) is 19.3 Å². The number of nitrogens with one attached hydrogen (secondary N) is 2. The standard InChI is InChI=1S/C19H18N4O3S/c1-2-9-20-18(26)14-6-3-4-7-15(14)22-16(24)11-13-12-27-19(21-13)23-10-5-8-17(23)25/h1,3-4,6-7,12H,5,8-11H2,(H,20,26)(H,22,24). The van der Waals surface area contributed by atoms with Gasteiger partial charge in [-0.05, 0) is 18.6 Å². The average Bonchev–Trinajstić information content (AvgIpc) is 3.28. The summed E-state index contributed by atoms with van der Waals surface area (Å²) in [5, 5.41) is 7.70. The highest BCUT2D eigenvalue weighted by atomic mass is 32.1. The van der Waals surface area contributed by atoms with E-state index in [0.29, 0.717) is 35.0 Å². The fourth-order valence-electron chi connectivity index (χ4n) is 2.73. The third kappa shape index (κ3) is 4.51. The quantitative estimate of drug-likeness (QED) is 0.746. The van der Waals surface area contributed by atoms with Gasteiger partial charge in [-0.2, -0.15) is 0 Å². The molecule has 0 atom stereocenters. The van der Waals surface area contributed by atoms with Crippen LogP contribution in [0.1, 0.15) is 28.9 Å². The number of anilines is 2. The van der Waals surface area contributed by atoms with Crippen molar-refractivity contribution >= 4 is 39.9 Å². The summed E-state index contributed by atoms with van der Waals surface area (Å²) in [5.41, 5.74) is 1.33. The zero-order chi connectivity index (χ0) is 19.2. The Morgan fingerprint density at radius 2 is 2.15 bits per heavy atom. The summed E-state index contributed by atoms with van der Waals surface area (Å²) < 4.78 is 0. The van der Waals surface area contributed by atoms with Crippen LogP contribution in [0.5, 0.6) is 0 Å². The van der Waals surface area contributed by atoms with Crippen molar-refractivity contribution in [3.63, 3.8) is 0 Å². The van der Waals surface area contributed by atoms with Gasteiger partial charge in [-0.15, -0.1) is 17.8 Å². The first kappa shape index (κ1) is 18.6. The van der Waals surface area contributed by atoms with Crippen molar-refractivity contribution in [2.75, 3.05) is 23.3 Å². The Labute approximate surface area is 160 Å². The third-order valence-electron chi connectivity index (χ3n) is 3.98. The van der Waals surface area contributed by atoms with Gasteiger partial charge in [0.25, 0.3) is 5.91 Å². The summed E-state index contributed by atoms with van der Waals surface area (Å²) >= 11 is 1.35. The van der Waals surface area contributed by atoms with Crippen LogP contribution in [0.25, 0.3) is 0 Å². The number of para-hydroxylation sites is 1. The van der Waals surface area contributed by atoms with Gasteiger partial charge in [0.2, 0.25) is 11.8 Å². The minimum atomic E-state index is -0.354. The molecule has 0 radical (unpaired) electrons. The van der Waals surface area contributed by atoms with Gasteiger partial charge in [0.15, 0.2) is 5.13 Å². The minimum absolute atomic E-state index is 0.0544. The number of aromatic nitrogens is 1. The van der Waals surface area contributed by atoms with E-state index in [4.69, 9.17) is 6.42 Å². The zero-order valence-corrected chi connectivity index (χ0v) is 15.3. The first-order valence-corrected chi connectivity index (χ1v) is 9.31. The molecule has 8 heteroatoms. The molecular formula is C19H18N4O3S. The van der Waals surface area contributed by atoms with Crippen LogP contribution in [-0.4, -0.2) is 35.8 Å². The van der Waals surface area contributed by atoms with E-state index in [1.807, 2.05) is 0 Å². The molecule has 2 heterocycles. The van der Waals surface area contributed by atoms with Gasteiger partial charge in [0, 0.05) is 18.3 Å². The lowest BCUT2D eigenvalue weighted by atomic mass is 10.1. The number of hydrogen-bond donors (Lipinski definition) is 2. The Bertz CT molecular complexity index is 916. The molecule has 0 aliphatic carbocycles. The molecule has 1 aromatic heterocycles. The van der Waals surface area contributed by atoms with Crippen LogP contribution in [0.2, 0.25) is 0 Å². The Morgan fingerprint density at radius 1 is 1.33 bits per heavy atom. The highest BCUT2D eigenvalue weighted by Crippen LogP contribution is 2.25. The second-order valence-electron chi connectivity index (χ2n) is 5.93. The molecule has 2 aromatic rings. The summed E-state index contributed by atoms with van der Waals surface area (Å²) in [6, 6.07) is 6.70. The first-order chi connectivity index (χ1) is 13.1. The van der Waals surface area contributed by atoms with Crippen LogP contribution < -0.4 is 15.5 Å². The third-order valence-corrected chi connectivity index (χ3v) is 4.89. The average molecular weight is 382 g/mol. The second-order valence-corrected chi connectivity index (χ2v) is 6.76. The number of amides is 3. The van der Waals surface area contributed by atoms with Crippen LogP contribution >= 0.6 is 11.3 Å². The van der Waals surface area contributed by atoms with Crippen LogP contribution in [0.15, 0.2) is 29.6 Å². The lowest BCUT2D eigenvalue weighted by Gasteiger charge is -2.11. The predicted molar refractivity (Wildman–Crippen MR) is 104 cm³/mol. The second kappa shape index (κ2) is 8.47. The van der Waals surface area contributed by atoms with E-state index >= 15 is 0 Å². The van der Waals surface area contributed by atoms with Gasteiger partial charge in [-0.1, -0.05) is 18.1 Å². The first-order valence-electron chi connectivity index (χ1n) is 8.44. The molecule has 3 rings (SSSR count). The summed E-state index contributed by atoms with van der Waals surface area (Å²) in [6.45, 7) is 0.774. The Hall–Kier alpha value is -3.18. The zero-order valence-electron chi connectivity index (χ0n) is 14.5. The summed E-state index contributed by atoms with van der Waals surface area (Å²) in [6.07, 6.45) is 6.57. The topological polar surface area (TPSA) is 91.4 Å². The molecule has 138 valence electrons. The van der Waals surface area contributed by atoms with E-state index in [0.717, 1.165) is 6.42 Å². The number of hydrogen-bond acceptors (Lipinski definition) is 5. The van der Waals surface area contributed by atoms with Crippen LogP contribution in [-0.2, 0) is 16.0 Å². The number of rotatable bonds is 6. The van der Waals surface area contributed by atoms with Crippen molar-refractivity contribution in [2.24, 2.45) is 0 Å². The van der Waals surface area contributed by atoms with Crippen molar-refractivity contribution in [2.45, 2.75) is 19.3 Å². The van der Waals surface area contributed by atoms with Gasteiger partial charge < -0.3 is 10.6 Å². The van der Waals surface area contributed by atoms with Gasteiger partial charge in [-0.25, -0.2) is 4.98 Å². The van der Waals surface area contributed by atoms with E-state index in [1.165, 1.54) is 11.3 Å². The van der Waals surface area contributed by atoms with Gasteiger partial charge in [0.05, 0.1) is 29.9 Å². The van der Waals surface area contributed by atoms with Crippen LogP contribution in [0, 0.1) is 12.3 Å². The molecule has 1 saturated heterocycles. The molecule has 7 nitrogen and oxygen atoms in total. The number of thiazole rings is 1. The Kier molecular flexibility index (Phi) is 5.84. The fourth-order valence-corrected chi connectivity index (χ4v) is 3.60. The lowest BCUT2D eigenvalue weighted by molar-refractivity contribution is -0.117. The monoisotopic (exact) mass is 382 g/mol. The van der Waals surface area contributed by atoms with Gasteiger partial charge in [0.1, 0.15) is 0 Å². The molecule has 1 fully saturated rings. The number of carbonyl (C=O) groups is 3. The van der Waals surface area contributed by atoms with Crippen LogP contribution in [0.3, 0.4) is 0 Å². The van der Waals surface area contributed by atoms with Crippen molar-refractivity contribution in [1.82, 2.24) is 10.3 Å². The predicted octanol–water partition coefficient (Wildman–Crippen LogP) is 1.81. The molecule has 0 unspecified atom stereocenters. The van der Waals surface area contributed by atoms with E-state index in [1.54, 1.807) is 34.5 Å². The highest BCUT2D eigenvalue weighted by Gasteiger charge is 2.24. The molecule has 1 aliphatic heterocycles. The number of benzene rings is 1. The number of nitrogens with zero attached hydrogens (tertiary/aromatic N) is 2. The van der Waals surface area contributed by atoms with Crippen molar-refractivity contribution in [3.8, 4) is 12.3 Å². The fraction of sp³-hybridized carbons (Fsp3) is 0.263. The molecule has 0 saturated carbocycles. The molecule has 0 spiro atoms. The summed E-state index contributed by atoms with van der Waals surface area (Å²) in [7, 11) is 0. The van der Waals surface area contributed by atoms with E-state index in [9.17, 15) is 14.4 Å². The normalized spacial score (nSPS) is 13.3. The van der Waals surface area contributed by atoms with Crippen molar-refractivity contribution in [1.29, 1.82) is 0 Å². The molecule has 27 heavy (non-hydrogen) atoms. The summed E-state index contributed by atoms with van der Waals surface area (Å²) in [4.78, 5) is 42.3. The maximum absolute atomic E-state index is 12.4. The Morgan fingerprint density at radius 3 is 2.89 bits per heavy atom. The Balaban J connectivity index is 1.65. The minimum Gasteiger partial charge on any atom is -0.341 e.